The number of rotatable bonds is 5. The van der Waals surface area contributed by atoms with Crippen LogP contribution in [0.25, 0.3) is 11.4 Å². The van der Waals surface area contributed by atoms with E-state index in [1.807, 2.05) is 18.2 Å². The van der Waals surface area contributed by atoms with Gasteiger partial charge in [0.05, 0.1) is 11.9 Å². The van der Waals surface area contributed by atoms with Gasteiger partial charge in [-0.25, -0.2) is 8.42 Å². The second kappa shape index (κ2) is 7.36. The Kier molecular flexibility index (Phi) is 4.95. The molecule has 3 heterocycles. The van der Waals surface area contributed by atoms with Crippen molar-refractivity contribution >= 4 is 15.7 Å². The number of hydrogen-bond donors (Lipinski definition) is 1. The number of benzene rings is 1. The molecule has 26 heavy (non-hydrogen) atoms. The lowest BCUT2D eigenvalue weighted by Gasteiger charge is -2.13. The summed E-state index contributed by atoms with van der Waals surface area (Å²) in [6, 6.07) is 7.38. The van der Waals surface area contributed by atoms with Crippen LogP contribution in [-0.4, -0.2) is 41.6 Å². The maximum atomic E-state index is 12.4. The molecule has 0 bridgehead atoms. The van der Waals surface area contributed by atoms with Crippen LogP contribution < -0.4 is 4.72 Å². The average molecular weight is 376 g/mol. The van der Waals surface area contributed by atoms with Crippen molar-refractivity contribution in [1.82, 2.24) is 14.8 Å². The Labute approximate surface area is 153 Å². The first kappa shape index (κ1) is 17.5. The monoisotopic (exact) mass is 376 g/mol. The van der Waals surface area contributed by atoms with Crippen molar-refractivity contribution in [3.8, 4) is 11.4 Å². The number of aryl methyl sites for hydroxylation is 1. The van der Waals surface area contributed by atoms with Crippen molar-refractivity contribution < 1.29 is 13.2 Å². The maximum absolute atomic E-state index is 12.4. The topological polar surface area (TPSA) is 86.1 Å². The molecule has 0 spiro atoms. The van der Waals surface area contributed by atoms with E-state index in [1.54, 1.807) is 6.07 Å². The molecule has 1 fully saturated rings. The molecule has 0 aliphatic carbocycles. The Morgan fingerprint density at radius 1 is 1.19 bits per heavy atom. The molecule has 2 aliphatic rings. The Balaban J connectivity index is 1.54. The highest BCUT2D eigenvalue weighted by molar-refractivity contribution is 7.92. The summed E-state index contributed by atoms with van der Waals surface area (Å²) in [5, 5.41) is 8.67. The van der Waals surface area contributed by atoms with Crippen molar-refractivity contribution in [1.29, 1.82) is 0 Å². The van der Waals surface area contributed by atoms with Crippen LogP contribution in [-0.2, 0) is 27.7 Å². The molecular weight excluding hydrogens is 352 g/mol. The van der Waals surface area contributed by atoms with Crippen LogP contribution in [0, 0.1) is 0 Å². The van der Waals surface area contributed by atoms with Crippen molar-refractivity contribution in [2.45, 2.75) is 51.2 Å². The molecule has 1 saturated heterocycles. The third-order valence-corrected chi connectivity index (χ3v) is 6.29. The summed E-state index contributed by atoms with van der Waals surface area (Å²) >= 11 is 0. The van der Waals surface area contributed by atoms with Gasteiger partial charge in [-0.15, -0.1) is 10.2 Å². The van der Waals surface area contributed by atoms with Gasteiger partial charge in [0.15, 0.2) is 5.82 Å². The molecule has 7 nitrogen and oxygen atoms in total. The van der Waals surface area contributed by atoms with Crippen LogP contribution in [0.3, 0.4) is 0 Å². The van der Waals surface area contributed by atoms with Gasteiger partial charge in [0.1, 0.15) is 5.82 Å². The number of hydrogen-bond acceptors (Lipinski definition) is 5. The van der Waals surface area contributed by atoms with Crippen LogP contribution in [0.4, 0.5) is 5.69 Å². The minimum absolute atomic E-state index is 0.00242. The zero-order valence-electron chi connectivity index (χ0n) is 14.7. The summed E-state index contributed by atoms with van der Waals surface area (Å²) in [5.41, 5.74) is 1.43. The minimum atomic E-state index is -3.44. The lowest BCUT2D eigenvalue weighted by molar-refractivity contribution is 0.127. The summed E-state index contributed by atoms with van der Waals surface area (Å²) < 4.78 is 35.1. The molecule has 1 N–H and O–H groups in total. The zero-order valence-corrected chi connectivity index (χ0v) is 15.5. The lowest BCUT2D eigenvalue weighted by atomic mass is 10.2. The van der Waals surface area contributed by atoms with Gasteiger partial charge < -0.3 is 9.30 Å². The van der Waals surface area contributed by atoms with Gasteiger partial charge in [0.25, 0.3) is 0 Å². The number of sulfonamides is 1. The van der Waals surface area contributed by atoms with E-state index in [-0.39, 0.29) is 11.9 Å². The lowest BCUT2D eigenvalue weighted by Crippen LogP contribution is -2.25. The molecule has 0 amide bonds. The molecule has 2 aromatic rings. The van der Waals surface area contributed by atoms with Gasteiger partial charge in [-0.1, -0.05) is 18.6 Å². The SMILES string of the molecule is O=S(=O)(CC1CCCO1)Nc1cccc(-c2nnc3n2CCCCC3)c1. The fourth-order valence-corrected chi connectivity index (χ4v) is 4.98. The number of nitrogens with one attached hydrogen (secondary N) is 1. The molecular formula is C18H24N4O3S. The molecule has 0 saturated carbocycles. The van der Waals surface area contributed by atoms with E-state index in [2.05, 4.69) is 19.5 Å². The quantitative estimate of drug-likeness (QED) is 0.867. The summed E-state index contributed by atoms with van der Waals surface area (Å²) in [5.74, 6) is 1.82. The zero-order chi connectivity index (χ0) is 18.0. The highest BCUT2D eigenvalue weighted by Crippen LogP contribution is 2.25. The largest absolute Gasteiger partial charge is 0.377 e. The number of anilines is 1. The van der Waals surface area contributed by atoms with Crippen molar-refractivity contribution in [3.63, 3.8) is 0 Å². The first-order chi connectivity index (χ1) is 12.6. The maximum Gasteiger partial charge on any atom is 0.235 e. The Hall–Kier alpha value is -1.93. The summed E-state index contributed by atoms with van der Waals surface area (Å²) in [4.78, 5) is 0. The van der Waals surface area contributed by atoms with Crippen LogP contribution in [0.2, 0.25) is 0 Å². The summed E-state index contributed by atoms with van der Waals surface area (Å²) in [7, 11) is -3.44. The highest BCUT2D eigenvalue weighted by Gasteiger charge is 2.23. The number of ether oxygens (including phenoxy) is 1. The Morgan fingerprint density at radius 2 is 2.12 bits per heavy atom. The molecule has 2 aliphatic heterocycles. The highest BCUT2D eigenvalue weighted by atomic mass is 32.2. The van der Waals surface area contributed by atoms with Crippen molar-refractivity contribution in [2.75, 3.05) is 17.1 Å². The minimum Gasteiger partial charge on any atom is -0.377 e. The van der Waals surface area contributed by atoms with Gasteiger partial charge in [-0.05, 0) is 37.8 Å². The standard InChI is InChI=1S/C18H24N4O3S/c23-26(24,13-16-8-5-11-25-16)21-15-7-4-6-14(12-15)18-20-19-17-9-2-1-3-10-22(17)18/h4,6-7,12,16,21H,1-3,5,8-11,13H2. The van der Waals surface area contributed by atoms with Crippen LogP contribution >= 0.6 is 0 Å². The van der Waals surface area contributed by atoms with Gasteiger partial charge in [0.2, 0.25) is 10.0 Å². The predicted octanol–water partition coefficient (Wildman–Crippen LogP) is 2.59. The fraction of sp³-hybridized carbons (Fsp3) is 0.556. The molecule has 140 valence electrons. The van der Waals surface area contributed by atoms with E-state index in [1.165, 1.54) is 6.42 Å². The van der Waals surface area contributed by atoms with Crippen LogP contribution in [0.15, 0.2) is 24.3 Å². The van der Waals surface area contributed by atoms with Gasteiger partial charge in [-0.2, -0.15) is 0 Å². The second-order valence-corrected chi connectivity index (χ2v) is 8.77. The molecule has 1 aromatic heterocycles. The third-order valence-electron chi connectivity index (χ3n) is 4.93. The molecule has 1 unspecified atom stereocenters. The van der Waals surface area contributed by atoms with Crippen molar-refractivity contribution in [3.05, 3.63) is 30.1 Å². The molecule has 1 aromatic carbocycles. The van der Waals surface area contributed by atoms with E-state index in [0.717, 1.165) is 55.9 Å². The second-order valence-electron chi connectivity index (χ2n) is 7.00. The molecule has 1 atom stereocenters. The third kappa shape index (κ3) is 3.91. The fourth-order valence-electron chi connectivity index (χ4n) is 3.66. The van der Waals surface area contributed by atoms with Crippen LogP contribution in [0.5, 0.6) is 0 Å². The van der Waals surface area contributed by atoms with E-state index in [4.69, 9.17) is 4.74 Å². The number of aromatic nitrogens is 3. The predicted molar refractivity (Wildman–Crippen MR) is 99.4 cm³/mol. The number of fused-ring (bicyclic) bond motifs is 1. The molecule has 4 rings (SSSR count). The van der Waals surface area contributed by atoms with E-state index >= 15 is 0 Å². The average Bonchev–Trinajstić information content (AvgIpc) is 3.19. The smallest absolute Gasteiger partial charge is 0.235 e. The van der Waals surface area contributed by atoms with E-state index < -0.39 is 10.0 Å². The normalized spacial score (nSPS) is 20.5. The van der Waals surface area contributed by atoms with E-state index in [0.29, 0.717) is 12.3 Å². The van der Waals surface area contributed by atoms with Crippen molar-refractivity contribution in [2.24, 2.45) is 0 Å². The first-order valence-electron chi connectivity index (χ1n) is 9.25. The molecule has 8 heteroatoms. The van der Waals surface area contributed by atoms with Gasteiger partial charge in [0, 0.05) is 30.8 Å². The van der Waals surface area contributed by atoms with Gasteiger partial charge in [-0.3, -0.25) is 4.72 Å². The number of nitrogens with zero attached hydrogens (tertiary/aromatic N) is 3. The van der Waals surface area contributed by atoms with Gasteiger partial charge >= 0.3 is 0 Å². The Morgan fingerprint density at radius 3 is 2.96 bits per heavy atom. The Bertz CT molecular complexity index is 872. The summed E-state index contributed by atoms with van der Waals surface area (Å²) in [6.07, 6.45) is 5.92. The van der Waals surface area contributed by atoms with Crippen LogP contribution in [0.1, 0.15) is 37.9 Å². The van der Waals surface area contributed by atoms with E-state index in [9.17, 15) is 8.42 Å². The first-order valence-corrected chi connectivity index (χ1v) is 10.9. The summed E-state index contributed by atoms with van der Waals surface area (Å²) in [6.45, 7) is 1.56. The molecule has 0 radical (unpaired) electrons.